The summed E-state index contributed by atoms with van der Waals surface area (Å²) in [6.45, 7) is 0. The Morgan fingerprint density at radius 1 is 0.472 bits per heavy atom. The van der Waals surface area contributed by atoms with E-state index in [1.807, 2.05) is 6.07 Å². The topological polar surface area (TPSA) is 29.5 Å². The zero-order valence-electron chi connectivity index (χ0n) is 28.9. The number of hydrogen-bond donors (Lipinski definition) is 0. The number of anilines is 3. The van der Waals surface area contributed by atoms with Gasteiger partial charge in [0.25, 0.3) is 0 Å². The van der Waals surface area contributed by atoms with Crippen molar-refractivity contribution in [2.75, 3.05) is 4.90 Å². The number of allylic oxidation sites excluding steroid dienone is 1. The van der Waals surface area contributed by atoms with Gasteiger partial charge in [0, 0.05) is 44.3 Å². The van der Waals surface area contributed by atoms with E-state index >= 15 is 0 Å². The fourth-order valence-corrected chi connectivity index (χ4v) is 8.54. The second-order valence-electron chi connectivity index (χ2n) is 14.0. The summed E-state index contributed by atoms with van der Waals surface area (Å²) >= 11 is 0. The van der Waals surface area contributed by atoms with Gasteiger partial charge in [-0.15, -0.1) is 0 Å². The van der Waals surface area contributed by atoms with Crippen LogP contribution >= 0.6 is 0 Å². The third-order valence-electron chi connectivity index (χ3n) is 11.0. The van der Waals surface area contributed by atoms with Crippen LogP contribution in [-0.4, -0.2) is 0 Å². The highest BCUT2D eigenvalue weighted by Gasteiger charge is 2.25. The normalized spacial score (nSPS) is 14.1. The summed E-state index contributed by atoms with van der Waals surface area (Å²) in [6.07, 6.45) is 5.51. The lowest BCUT2D eigenvalue weighted by atomic mass is 9.82. The number of para-hydroxylation sites is 4. The van der Waals surface area contributed by atoms with Crippen LogP contribution < -0.4 is 4.90 Å². The molecule has 0 fully saturated rings. The maximum atomic E-state index is 6.79. The average molecular weight is 680 g/mol. The van der Waals surface area contributed by atoms with Gasteiger partial charge in [0.05, 0.1) is 11.4 Å². The largest absolute Gasteiger partial charge is 0.455 e. The Morgan fingerprint density at radius 3 is 2.09 bits per heavy atom. The summed E-state index contributed by atoms with van der Waals surface area (Å²) in [7, 11) is 0. The lowest BCUT2D eigenvalue weighted by Crippen LogP contribution is -2.13. The van der Waals surface area contributed by atoms with Crippen molar-refractivity contribution < 1.29 is 8.83 Å². The molecule has 53 heavy (non-hydrogen) atoms. The molecule has 2 heterocycles. The van der Waals surface area contributed by atoms with Gasteiger partial charge in [0.15, 0.2) is 5.58 Å². The predicted octanol–water partition coefficient (Wildman–Crippen LogP) is 14.3. The zero-order chi connectivity index (χ0) is 34.9. The Bertz CT molecular complexity index is 3070. The van der Waals surface area contributed by atoms with E-state index in [1.165, 1.54) is 27.5 Å². The number of furan rings is 2. The van der Waals surface area contributed by atoms with E-state index in [0.29, 0.717) is 0 Å². The first-order chi connectivity index (χ1) is 26.3. The van der Waals surface area contributed by atoms with Crippen LogP contribution in [0.3, 0.4) is 0 Å². The van der Waals surface area contributed by atoms with Gasteiger partial charge >= 0.3 is 0 Å². The molecular weight excluding hydrogens is 647 g/mol. The van der Waals surface area contributed by atoms with Gasteiger partial charge in [-0.25, -0.2) is 0 Å². The van der Waals surface area contributed by atoms with Gasteiger partial charge in [-0.1, -0.05) is 140 Å². The zero-order valence-corrected chi connectivity index (χ0v) is 28.9. The molecule has 3 heteroatoms. The van der Waals surface area contributed by atoms with Crippen molar-refractivity contribution >= 4 is 77.8 Å². The summed E-state index contributed by atoms with van der Waals surface area (Å²) in [5, 5.41) is 6.80. The quantitative estimate of drug-likeness (QED) is 0.181. The molecule has 0 amide bonds. The molecule has 0 saturated heterocycles. The highest BCUT2D eigenvalue weighted by atomic mass is 16.3. The summed E-state index contributed by atoms with van der Waals surface area (Å²) < 4.78 is 13.5. The molecule has 1 aliphatic rings. The fraction of sp³-hybridized carbons (Fsp3) is 0.0400. The average Bonchev–Trinajstić information content (AvgIpc) is 3.79. The van der Waals surface area contributed by atoms with Crippen molar-refractivity contribution in [3.05, 3.63) is 193 Å². The first-order valence-electron chi connectivity index (χ1n) is 18.3. The second-order valence-corrected chi connectivity index (χ2v) is 14.0. The molecule has 0 radical (unpaired) electrons. The number of nitrogens with zero attached hydrogens (tertiary/aromatic N) is 1. The van der Waals surface area contributed by atoms with Crippen LogP contribution in [0.5, 0.6) is 0 Å². The van der Waals surface area contributed by atoms with Crippen LogP contribution in [0.2, 0.25) is 0 Å². The lowest BCUT2D eigenvalue weighted by Gasteiger charge is -2.29. The van der Waals surface area contributed by atoms with Crippen molar-refractivity contribution in [3.63, 3.8) is 0 Å². The third kappa shape index (κ3) is 4.74. The molecule has 10 aromatic rings. The minimum Gasteiger partial charge on any atom is -0.455 e. The van der Waals surface area contributed by atoms with Crippen molar-refractivity contribution in [3.8, 4) is 11.1 Å². The van der Waals surface area contributed by atoms with E-state index in [2.05, 4.69) is 181 Å². The van der Waals surface area contributed by atoms with Crippen molar-refractivity contribution in [1.82, 2.24) is 0 Å². The Hall–Kier alpha value is -6.84. The van der Waals surface area contributed by atoms with E-state index in [4.69, 9.17) is 8.83 Å². The highest BCUT2D eigenvalue weighted by molar-refractivity contribution is 6.15. The fourth-order valence-electron chi connectivity index (χ4n) is 8.54. The summed E-state index contributed by atoms with van der Waals surface area (Å²) in [6, 6.07) is 60.7. The van der Waals surface area contributed by atoms with Crippen LogP contribution in [0.1, 0.15) is 29.0 Å². The number of fused-ring (bicyclic) bond motifs is 8. The second kappa shape index (κ2) is 11.9. The molecule has 1 atom stereocenters. The maximum Gasteiger partial charge on any atom is 0.159 e. The number of benzene rings is 8. The Labute approximate surface area is 306 Å². The van der Waals surface area contributed by atoms with Crippen molar-refractivity contribution in [1.29, 1.82) is 0 Å². The highest BCUT2D eigenvalue weighted by Crippen LogP contribution is 2.48. The van der Waals surface area contributed by atoms with E-state index in [0.717, 1.165) is 78.5 Å². The molecule has 0 bridgehead atoms. The van der Waals surface area contributed by atoms with E-state index < -0.39 is 0 Å². The molecule has 0 aliphatic heterocycles. The third-order valence-corrected chi connectivity index (χ3v) is 11.0. The Morgan fingerprint density at radius 2 is 1.15 bits per heavy atom. The number of rotatable bonds is 5. The summed E-state index contributed by atoms with van der Waals surface area (Å²) in [4.78, 5) is 2.38. The molecule has 1 aliphatic carbocycles. The van der Waals surface area contributed by atoms with Gasteiger partial charge < -0.3 is 13.7 Å². The van der Waals surface area contributed by atoms with Crippen LogP contribution in [0.15, 0.2) is 185 Å². The maximum absolute atomic E-state index is 6.79. The van der Waals surface area contributed by atoms with Crippen molar-refractivity contribution in [2.45, 2.75) is 12.3 Å². The summed E-state index contributed by atoms with van der Waals surface area (Å²) in [5.74, 6) is 0.259. The van der Waals surface area contributed by atoms with Crippen molar-refractivity contribution in [2.24, 2.45) is 0 Å². The van der Waals surface area contributed by atoms with Crippen LogP contribution in [0.4, 0.5) is 17.1 Å². The molecule has 0 N–H and O–H groups in total. The van der Waals surface area contributed by atoms with Crippen LogP contribution in [0, 0.1) is 0 Å². The minimum absolute atomic E-state index is 0.259. The van der Waals surface area contributed by atoms with E-state index in [9.17, 15) is 0 Å². The van der Waals surface area contributed by atoms with Gasteiger partial charge in [-0.3, -0.25) is 0 Å². The molecule has 0 saturated carbocycles. The Kier molecular flexibility index (Phi) is 6.68. The Balaban J connectivity index is 1.16. The smallest absolute Gasteiger partial charge is 0.159 e. The number of hydrogen-bond acceptors (Lipinski definition) is 3. The molecule has 8 aromatic carbocycles. The lowest BCUT2D eigenvalue weighted by molar-refractivity contribution is 0.669. The SMILES string of the molecule is C1=Cc2ccccc2C(c2cccc(N(c3ccccc3-c3cccc4c3oc3cc5ccccc5cc34)c3cccc4c3oc3ccccc34)c2)C1. The minimum atomic E-state index is 0.259. The molecule has 11 rings (SSSR count). The molecule has 0 spiro atoms. The van der Waals surface area contributed by atoms with E-state index in [-0.39, 0.29) is 5.92 Å². The first kappa shape index (κ1) is 29.8. The van der Waals surface area contributed by atoms with Gasteiger partial charge in [0.1, 0.15) is 16.7 Å². The first-order valence-corrected chi connectivity index (χ1v) is 18.3. The van der Waals surface area contributed by atoms with E-state index in [1.54, 1.807) is 0 Å². The van der Waals surface area contributed by atoms with Crippen LogP contribution in [0.25, 0.3) is 71.9 Å². The van der Waals surface area contributed by atoms with Gasteiger partial charge in [-0.2, -0.15) is 0 Å². The summed E-state index contributed by atoms with van der Waals surface area (Å²) in [5.41, 5.74) is 12.6. The standard InChI is InChI=1S/C50H33NO2/c1-2-15-34-31-48-44(30-33(34)14-1)43-24-11-23-41(49(43)53-48)39-20-5-7-26-45(39)51(46-27-12-25-42-40-21-6-8-28-47(40)52-50(42)46)36-18-9-17-35(29-36)38-22-10-16-32-13-3-4-19-37(32)38/h1-21,23-31,38H,22H2. The molecule has 3 nitrogen and oxygen atoms in total. The molecule has 2 aromatic heterocycles. The van der Waals surface area contributed by atoms with Gasteiger partial charge in [-0.05, 0) is 76.3 Å². The predicted molar refractivity (Wildman–Crippen MR) is 221 cm³/mol. The van der Waals surface area contributed by atoms with Crippen LogP contribution in [-0.2, 0) is 0 Å². The molecule has 250 valence electrons. The molecule has 1 unspecified atom stereocenters. The van der Waals surface area contributed by atoms with Gasteiger partial charge in [0.2, 0.25) is 0 Å². The molecular formula is C50H33NO2. The monoisotopic (exact) mass is 679 g/mol.